The number of thiophene rings is 1. The van der Waals surface area contributed by atoms with Crippen molar-refractivity contribution in [3.8, 4) is 5.75 Å². The Balaban J connectivity index is 1.72. The van der Waals surface area contributed by atoms with E-state index in [-0.39, 0.29) is 11.9 Å². The van der Waals surface area contributed by atoms with Crippen molar-refractivity contribution >= 4 is 27.9 Å². The first kappa shape index (κ1) is 22.6. The molecule has 0 aliphatic carbocycles. The number of rotatable bonds is 8. The molecule has 0 bridgehead atoms. The highest BCUT2D eigenvalue weighted by atomic mass is 32.1. The molecule has 1 atom stereocenters. The first-order valence-electron chi connectivity index (χ1n) is 10.9. The molecule has 0 unspecified atom stereocenters. The molecule has 2 aromatic carbocycles. The lowest BCUT2D eigenvalue weighted by Gasteiger charge is -2.23. The highest BCUT2D eigenvalue weighted by Gasteiger charge is 2.25. The van der Waals surface area contributed by atoms with E-state index in [1.54, 1.807) is 23.7 Å². The number of benzene rings is 2. The number of nitrogens with zero attached hydrogens (tertiary/aromatic N) is 1. The van der Waals surface area contributed by atoms with E-state index in [0.717, 1.165) is 33.1 Å². The van der Waals surface area contributed by atoms with Crippen molar-refractivity contribution in [2.45, 2.75) is 26.8 Å². The summed E-state index contributed by atoms with van der Waals surface area (Å²) in [5.74, 6) is 0.717. The fraction of sp³-hybridized carbons (Fsp3) is 0.185. The molecule has 0 aliphatic rings. The number of pyridine rings is 1. The van der Waals surface area contributed by atoms with Crippen molar-refractivity contribution in [3.05, 3.63) is 106 Å². The summed E-state index contributed by atoms with van der Waals surface area (Å²) < 4.78 is 5.58. The van der Waals surface area contributed by atoms with Crippen LogP contribution in [-0.2, 0) is 0 Å². The quantitative estimate of drug-likeness (QED) is 0.312. The molecule has 0 aliphatic heterocycles. The van der Waals surface area contributed by atoms with E-state index >= 15 is 0 Å². The highest BCUT2D eigenvalue weighted by molar-refractivity contribution is 7.16. The molecular formula is C27H27N3O2S. The van der Waals surface area contributed by atoms with E-state index in [0.29, 0.717) is 12.2 Å². The van der Waals surface area contributed by atoms with Crippen molar-refractivity contribution in [1.29, 1.82) is 0 Å². The van der Waals surface area contributed by atoms with Gasteiger partial charge in [0.15, 0.2) is 0 Å². The summed E-state index contributed by atoms with van der Waals surface area (Å²) in [4.78, 5) is 18.3. The molecule has 4 aromatic rings. The van der Waals surface area contributed by atoms with Gasteiger partial charge in [0.2, 0.25) is 0 Å². The van der Waals surface area contributed by atoms with Crippen LogP contribution in [0.15, 0.2) is 79.1 Å². The number of carbonyl (C=O) groups is 1. The van der Waals surface area contributed by atoms with Crippen LogP contribution in [0.2, 0.25) is 0 Å². The lowest BCUT2D eigenvalue weighted by molar-refractivity contribution is 0.102. The Kier molecular flexibility index (Phi) is 7.05. The second-order valence-corrected chi connectivity index (χ2v) is 8.89. The smallest absolute Gasteiger partial charge is 0.256 e. The van der Waals surface area contributed by atoms with E-state index in [1.807, 2.05) is 73.7 Å². The molecule has 0 fully saturated rings. The fourth-order valence-electron chi connectivity index (χ4n) is 3.71. The molecule has 33 heavy (non-hydrogen) atoms. The summed E-state index contributed by atoms with van der Waals surface area (Å²) in [5, 5.41) is 7.66. The minimum absolute atomic E-state index is 0.118. The van der Waals surface area contributed by atoms with Gasteiger partial charge in [-0.15, -0.1) is 11.3 Å². The standard InChI is InChI=1S/C27H27N3O2S/c1-4-32-23-12-10-22(11-13-23)29-25(20-14-16-28-17-15-20)24-18(2)19(3)33-27(24)30-26(31)21-8-6-5-7-9-21/h5-17,25,29H,4H2,1-3H3,(H,30,31)/t25-/m0/s1. The summed E-state index contributed by atoms with van der Waals surface area (Å²) in [6.07, 6.45) is 3.58. The van der Waals surface area contributed by atoms with E-state index in [9.17, 15) is 4.79 Å². The van der Waals surface area contributed by atoms with Crippen LogP contribution in [0, 0.1) is 13.8 Å². The minimum Gasteiger partial charge on any atom is -0.494 e. The lowest BCUT2D eigenvalue weighted by atomic mass is 9.96. The van der Waals surface area contributed by atoms with Gasteiger partial charge in [0.05, 0.1) is 12.6 Å². The molecule has 0 radical (unpaired) electrons. The largest absolute Gasteiger partial charge is 0.494 e. The van der Waals surface area contributed by atoms with Crippen LogP contribution in [0.5, 0.6) is 5.75 Å². The van der Waals surface area contributed by atoms with Crippen molar-refractivity contribution in [3.63, 3.8) is 0 Å². The number of carbonyl (C=O) groups excluding carboxylic acids is 1. The Labute approximate surface area is 198 Å². The maximum atomic E-state index is 13.0. The predicted molar refractivity (Wildman–Crippen MR) is 136 cm³/mol. The van der Waals surface area contributed by atoms with Gasteiger partial charge in [0.25, 0.3) is 5.91 Å². The fourth-order valence-corrected chi connectivity index (χ4v) is 4.80. The second-order valence-electron chi connectivity index (χ2n) is 7.66. The molecule has 0 saturated carbocycles. The van der Waals surface area contributed by atoms with Crippen LogP contribution in [0.3, 0.4) is 0 Å². The number of nitrogens with one attached hydrogen (secondary N) is 2. The van der Waals surface area contributed by atoms with Gasteiger partial charge in [0.1, 0.15) is 10.8 Å². The van der Waals surface area contributed by atoms with Gasteiger partial charge in [-0.05, 0) is 80.4 Å². The maximum Gasteiger partial charge on any atom is 0.256 e. The molecule has 1 amide bonds. The molecule has 168 valence electrons. The van der Waals surface area contributed by atoms with Crippen LogP contribution in [0.4, 0.5) is 10.7 Å². The molecular weight excluding hydrogens is 430 g/mol. The van der Waals surface area contributed by atoms with Gasteiger partial charge in [-0.25, -0.2) is 0 Å². The van der Waals surface area contributed by atoms with E-state index in [1.165, 1.54) is 4.88 Å². The third-order valence-corrected chi connectivity index (χ3v) is 6.64. The third kappa shape index (κ3) is 5.23. The van der Waals surface area contributed by atoms with Crippen molar-refractivity contribution in [2.75, 3.05) is 17.2 Å². The van der Waals surface area contributed by atoms with Crippen LogP contribution in [0.1, 0.15) is 44.9 Å². The normalized spacial score (nSPS) is 11.6. The zero-order chi connectivity index (χ0) is 23.2. The Morgan fingerprint density at radius 3 is 2.36 bits per heavy atom. The van der Waals surface area contributed by atoms with Crippen LogP contribution in [0.25, 0.3) is 0 Å². The first-order chi connectivity index (χ1) is 16.1. The zero-order valence-electron chi connectivity index (χ0n) is 19.0. The second kappa shape index (κ2) is 10.3. The molecule has 4 rings (SSSR count). The number of amides is 1. The molecule has 0 saturated heterocycles. The Bertz CT molecular complexity index is 1210. The number of aromatic nitrogens is 1. The molecule has 0 spiro atoms. The van der Waals surface area contributed by atoms with E-state index < -0.39 is 0 Å². The van der Waals surface area contributed by atoms with Gasteiger partial charge in [-0.3, -0.25) is 9.78 Å². The predicted octanol–water partition coefficient (Wildman–Crippen LogP) is 6.61. The average molecular weight is 458 g/mol. The SMILES string of the molecule is CCOc1ccc(N[C@@H](c2ccncc2)c2c(NC(=O)c3ccccc3)sc(C)c2C)cc1. The molecule has 2 aromatic heterocycles. The maximum absolute atomic E-state index is 13.0. The Hall–Kier alpha value is -3.64. The number of aryl methyl sites for hydroxylation is 1. The number of hydrogen-bond donors (Lipinski definition) is 2. The van der Waals surface area contributed by atoms with Gasteiger partial charge in [-0.2, -0.15) is 0 Å². The van der Waals surface area contributed by atoms with Gasteiger partial charge in [-0.1, -0.05) is 18.2 Å². The third-order valence-electron chi connectivity index (χ3n) is 5.50. The summed E-state index contributed by atoms with van der Waals surface area (Å²) in [6, 6.07) is 21.1. The molecule has 2 heterocycles. The zero-order valence-corrected chi connectivity index (χ0v) is 19.8. The summed E-state index contributed by atoms with van der Waals surface area (Å²) in [6.45, 7) is 6.79. The number of ether oxygens (including phenoxy) is 1. The molecule has 2 N–H and O–H groups in total. The minimum atomic E-state index is -0.165. The lowest BCUT2D eigenvalue weighted by Crippen LogP contribution is -2.17. The Morgan fingerprint density at radius 2 is 1.70 bits per heavy atom. The highest BCUT2D eigenvalue weighted by Crippen LogP contribution is 2.41. The summed E-state index contributed by atoms with van der Waals surface area (Å²) >= 11 is 1.60. The first-order valence-corrected chi connectivity index (χ1v) is 11.7. The van der Waals surface area contributed by atoms with E-state index in [4.69, 9.17) is 4.74 Å². The number of anilines is 2. The van der Waals surface area contributed by atoms with Gasteiger partial charge < -0.3 is 15.4 Å². The Morgan fingerprint density at radius 1 is 1.00 bits per heavy atom. The summed E-state index contributed by atoms with van der Waals surface area (Å²) in [5.41, 5.74) is 4.87. The van der Waals surface area contributed by atoms with Crippen LogP contribution < -0.4 is 15.4 Å². The van der Waals surface area contributed by atoms with Crippen molar-refractivity contribution in [1.82, 2.24) is 4.98 Å². The van der Waals surface area contributed by atoms with E-state index in [2.05, 4.69) is 29.5 Å². The van der Waals surface area contributed by atoms with Crippen molar-refractivity contribution in [2.24, 2.45) is 0 Å². The molecule has 5 nitrogen and oxygen atoms in total. The van der Waals surface area contributed by atoms with Crippen molar-refractivity contribution < 1.29 is 9.53 Å². The van der Waals surface area contributed by atoms with Crippen LogP contribution in [-0.4, -0.2) is 17.5 Å². The average Bonchev–Trinajstić information content (AvgIpc) is 3.12. The monoisotopic (exact) mass is 457 g/mol. The summed E-state index contributed by atoms with van der Waals surface area (Å²) in [7, 11) is 0. The molecule has 6 heteroatoms. The number of hydrogen-bond acceptors (Lipinski definition) is 5. The topological polar surface area (TPSA) is 63.2 Å². The van der Waals surface area contributed by atoms with Gasteiger partial charge in [0, 0.05) is 34.1 Å². The van der Waals surface area contributed by atoms with Crippen LogP contribution >= 0.6 is 11.3 Å². The van der Waals surface area contributed by atoms with Gasteiger partial charge >= 0.3 is 0 Å².